The van der Waals surface area contributed by atoms with Gasteiger partial charge in [-0.2, -0.15) is 0 Å². The van der Waals surface area contributed by atoms with Crippen molar-refractivity contribution in [1.82, 2.24) is 0 Å². The molecule has 0 aromatic heterocycles. The van der Waals surface area contributed by atoms with E-state index in [1.807, 2.05) is 0 Å². The summed E-state index contributed by atoms with van der Waals surface area (Å²) >= 11 is 0. The van der Waals surface area contributed by atoms with Crippen LogP contribution in [0.2, 0.25) is 0 Å². The first-order valence-electron chi connectivity index (χ1n) is 6.68. The number of Topliss-reactive ketones (excluding diaryl/α,β-unsaturated/α-hetero) is 1. The number of ketones is 1. The highest BCUT2D eigenvalue weighted by atomic mass is 17.2. The van der Waals surface area contributed by atoms with Crippen LogP contribution >= 0.6 is 0 Å². The van der Waals surface area contributed by atoms with E-state index in [1.165, 1.54) is 21.1 Å². The minimum Gasteiger partial charge on any atom is -0.390 e. The standard InChI is InChI=1S/C14H20O6/c1-10(15)13(19-17-2)14(20-18-3)12(16)9-11-7-5-4-6-8-11/h4-8,10,13-15H,9H2,1-3H3/t10-,13+,14-/m1/s1/i9D/t9?,10-,13+,14-. The monoisotopic (exact) mass is 285 g/mol. The van der Waals surface area contributed by atoms with Gasteiger partial charge in [0.2, 0.25) is 0 Å². The largest absolute Gasteiger partial charge is 0.390 e. The second-order valence-electron chi connectivity index (χ2n) is 4.11. The Morgan fingerprint density at radius 2 is 1.85 bits per heavy atom. The maximum absolute atomic E-state index is 12.4. The third kappa shape index (κ3) is 4.99. The molecule has 0 heterocycles. The SMILES string of the molecule is [2H]C(C(=O)[C@@H](OOC)[C@@H](OOC)[C@@H](C)O)c1ccccc1. The van der Waals surface area contributed by atoms with Crippen molar-refractivity contribution >= 4 is 5.78 Å². The van der Waals surface area contributed by atoms with Gasteiger partial charge < -0.3 is 5.11 Å². The molecule has 1 unspecified atom stereocenters. The molecule has 4 atom stereocenters. The second kappa shape index (κ2) is 8.78. The summed E-state index contributed by atoms with van der Waals surface area (Å²) in [4.78, 5) is 31.2. The minimum absolute atomic E-state index is 0.508. The van der Waals surface area contributed by atoms with Crippen molar-refractivity contribution < 1.29 is 30.8 Å². The van der Waals surface area contributed by atoms with Gasteiger partial charge in [0.05, 0.1) is 20.3 Å². The average Bonchev–Trinajstić information content (AvgIpc) is 2.50. The number of hydrogen-bond donors (Lipinski definition) is 1. The minimum atomic E-state index is -1.29. The average molecular weight is 285 g/mol. The summed E-state index contributed by atoms with van der Waals surface area (Å²) in [7, 11) is 2.48. The molecule has 0 saturated heterocycles. The lowest BCUT2D eigenvalue weighted by molar-refractivity contribution is -0.376. The summed E-state index contributed by atoms with van der Waals surface area (Å²) in [6, 6.07) is 8.57. The van der Waals surface area contributed by atoms with Gasteiger partial charge in [-0.3, -0.25) is 4.79 Å². The van der Waals surface area contributed by atoms with Crippen molar-refractivity contribution in [1.29, 1.82) is 0 Å². The highest BCUT2D eigenvalue weighted by molar-refractivity contribution is 5.85. The Hall–Kier alpha value is -1.31. The van der Waals surface area contributed by atoms with Gasteiger partial charge in [-0.05, 0) is 12.5 Å². The Balaban J connectivity index is 2.95. The quantitative estimate of drug-likeness (QED) is 0.540. The van der Waals surface area contributed by atoms with Crippen LogP contribution in [0.4, 0.5) is 0 Å². The van der Waals surface area contributed by atoms with Crippen molar-refractivity contribution in [2.45, 2.75) is 31.6 Å². The number of benzene rings is 1. The van der Waals surface area contributed by atoms with Gasteiger partial charge in [0.25, 0.3) is 0 Å². The van der Waals surface area contributed by atoms with Crippen LogP contribution in [0.25, 0.3) is 0 Å². The van der Waals surface area contributed by atoms with Crippen molar-refractivity contribution in [3.8, 4) is 0 Å². The predicted octanol–water partition coefficient (Wildman–Crippen LogP) is 1.07. The predicted molar refractivity (Wildman–Crippen MR) is 70.6 cm³/mol. The molecule has 0 aliphatic rings. The molecule has 20 heavy (non-hydrogen) atoms. The Morgan fingerprint density at radius 1 is 1.25 bits per heavy atom. The van der Waals surface area contributed by atoms with Crippen LogP contribution in [0.1, 0.15) is 13.9 Å². The van der Waals surface area contributed by atoms with Gasteiger partial charge in [-0.1, -0.05) is 30.3 Å². The van der Waals surface area contributed by atoms with Crippen LogP contribution in [0.5, 0.6) is 0 Å². The van der Waals surface area contributed by atoms with Crippen molar-refractivity contribution in [2.24, 2.45) is 0 Å². The third-order valence-electron chi connectivity index (χ3n) is 2.57. The fraction of sp³-hybridized carbons (Fsp3) is 0.500. The van der Waals surface area contributed by atoms with E-state index in [4.69, 9.17) is 11.1 Å². The van der Waals surface area contributed by atoms with E-state index < -0.39 is 30.5 Å². The second-order valence-corrected chi connectivity index (χ2v) is 4.11. The Kier molecular flexibility index (Phi) is 6.62. The van der Waals surface area contributed by atoms with Crippen LogP contribution in [-0.4, -0.2) is 43.4 Å². The third-order valence-corrected chi connectivity index (χ3v) is 2.57. The first-order chi connectivity index (χ1) is 10.0. The van der Waals surface area contributed by atoms with Gasteiger partial charge in [-0.25, -0.2) is 19.6 Å². The first-order valence-corrected chi connectivity index (χ1v) is 6.10. The first kappa shape index (κ1) is 15.1. The molecule has 1 aromatic rings. The molecule has 0 spiro atoms. The highest BCUT2D eigenvalue weighted by Crippen LogP contribution is 2.14. The summed E-state index contributed by atoms with van der Waals surface area (Å²) < 4.78 is 8.03. The van der Waals surface area contributed by atoms with E-state index >= 15 is 0 Å². The molecule has 1 rings (SSSR count). The Labute approximate surface area is 119 Å². The number of hydrogen-bond acceptors (Lipinski definition) is 6. The number of carbonyl (C=O) groups excluding carboxylic acids is 1. The molecule has 1 aromatic carbocycles. The van der Waals surface area contributed by atoms with Crippen LogP contribution < -0.4 is 0 Å². The van der Waals surface area contributed by atoms with Crippen LogP contribution in [-0.2, 0) is 30.7 Å². The molecule has 0 fully saturated rings. The van der Waals surface area contributed by atoms with Crippen LogP contribution in [0.15, 0.2) is 30.3 Å². The zero-order valence-electron chi connectivity index (χ0n) is 12.7. The zero-order valence-corrected chi connectivity index (χ0v) is 11.7. The fourth-order valence-electron chi connectivity index (χ4n) is 1.66. The molecule has 0 aliphatic carbocycles. The van der Waals surface area contributed by atoms with E-state index in [0.29, 0.717) is 5.56 Å². The van der Waals surface area contributed by atoms with Gasteiger partial charge >= 0.3 is 0 Å². The zero-order chi connectivity index (χ0) is 15.8. The molecule has 0 bridgehead atoms. The van der Waals surface area contributed by atoms with Gasteiger partial charge in [0.15, 0.2) is 18.0 Å². The molecule has 1 N–H and O–H groups in total. The van der Waals surface area contributed by atoms with E-state index in [0.717, 1.165) is 0 Å². The summed E-state index contributed by atoms with van der Waals surface area (Å²) in [6.07, 6.45) is -4.65. The van der Waals surface area contributed by atoms with Crippen LogP contribution in [0, 0.1) is 0 Å². The maximum atomic E-state index is 12.4. The van der Waals surface area contributed by atoms with Crippen LogP contribution in [0.3, 0.4) is 0 Å². The summed E-state index contributed by atoms with van der Waals surface area (Å²) in [5.74, 6) is -0.606. The van der Waals surface area contributed by atoms with Gasteiger partial charge in [0, 0.05) is 7.77 Å². The molecular formula is C14H20O6. The summed E-state index contributed by atoms with van der Waals surface area (Å²) in [5.41, 5.74) is 0.508. The lowest BCUT2D eigenvalue weighted by Gasteiger charge is -2.25. The molecule has 112 valence electrons. The molecule has 0 saturated carbocycles. The molecule has 0 radical (unpaired) electrons. The molecule has 0 amide bonds. The summed E-state index contributed by atoms with van der Waals surface area (Å²) in [6.45, 7) is 1.42. The van der Waals surface area contributed by atoms with E-state index in [2.05, 4.69) is 9.78 Å². The van der Waals surface area contributed by atoms with Gasteiger partial charge in [-0.15, -0.1) is 0 Å². The lowest BCUT2D eigenvalue weighted by Crippen LogP contribution is -2.45. The highest BCUT2D eigenvalue weighted by Gasteiger charge is 2.35. The van der Waals surface area contributed by atoms with E-state index in [9.17, 15) is 9.90 Å². The number of rotatable bonds is 9. The molecule has 6 nitrogen and oxygen atoms in total. The Bertz CT molecular complexity index is 425. The Morgan fingerprint density at radius 3 is 2.35 bits per heavy atom. The van der Waals surface area contributed by atoms with Crippen molar-refractivity contribution in [3.63, 3.8) is 0 Å². The number of aliphatic hydroxyl groups excluding tert-OH is 1. The smallest absolute Gasteiger partial charge is 0.183 e. The molecule has 6 heteroatoms. The summed E-state index contributed by atoms with van der Waals surface area (Å²) in [5, 5.41) is 9.69. The topological polar surface area (TPSA) is 74.2 Å². The number of aliphatic hydroxyl groups is 1. The van der Waals surface area contributed by atoms with E-state index in [-0.39, 0.29) is 0 Å². The normalized spacial score (nSPS) is 17.9. The van der Waals surface area contributed by atoms with Crippen molar-refractivity contribution in [2.75, 3.05) is 14.2 Å². The fourth-order valence-corrected chi connectivity index (χ4v) is 1.66. The number of carbonyl (C=O) groups is 1. The molecule has 0 aliphatic heterocycles. The molecular weight excluding hydrogens is 264 g/mol. The maximum Gasteiger partial charge on any atom is 0.183 e. The lowest BCUT2D eigenvalue weighted by atomic mass is 9.99. The van der Waals surface area contributed by atoms with Gasteiger partial charge in [0.1, 0.15) is 0 Å². The van der Waals surface area contributed by atoms with E-state index in [1.54, 1.807) is 30.3 Å². The van der Waals surface area contributed by atoms with Crippen molar-refractivity contribution in [3.05, 3.63) is 35.9 Å².